The number of nitrogens with zero attached hydrogens (tertiary/aromatic N) is 2. The highest BCUT2D eigenvalue weighted by molar-refractivity contribution is 9.10. The first-order chi connectivity index (χ1) is 17.7. The van der Waals surface area contributed by atoms with E-state index < -0.39 is 10.0 Å². The summed E-state index contributed by atoms with van der Waals surface area (Å²) >= 11 is 4.91. The van der Waals surface area contributed by atoms with Crippen molar-refractivity contribution >= 4 is 43.6 Å². The minimum absolute atomic E-state index is 0.174. The molecule has 0 radical (unpaired) electrons. The molecule has 2 aliphatic rings. The molecule has 2 saturated heterocycles. The van der Waals surface area contributed by atoms with Crippen LogP contribution in [0.4, 0.5) is 0 Å². The number of nitrogens with one attached hydrogen (secondary N) is 1. The van der Waals surface area contributed by atoms with Gasteiger partial charge in [0.15, 0.2) is 0 Å². The van der Waals surface area contributed by atoms with E-state index in [0.717, 1.165) is 60.0 Å². The summed E-state index contributed by atoms with van der Waals surface area (Å²) in [4.78, 5) is 17.6. The third-order valence-electron chi connectivity index (χ3n) is 6.75. The maximum atomic E-state index is 13.6. The lowest BCUT2D eigenvalue weighted by atomic mass is 9.94. The molecule has 1 N–H and O–H groups in total. The lowest BCUT2D eigenvalue weighted by Gasteiger charge is -2.34. The van der Waals surface area contributed by atoms with Crippen molar-refractivity contribution in [3.63, 3.8) is 0 Å². The molecule has 0 aliphatic carbocycles. The van der Waals surface area contributed by atoms with Crippen LogP contribution >= 0.6 is 27.7 Å². The molecule has 10 heteroatoms. The Hall–Kier alpha value is -1.43. The number of sulfonamides is 1. The summed E-state index contributed by atoms with van der Waals surface area (Å²) in [6.45, 7) is 9.93. The van der Waals surface area contributed by atoms with Crippen molar-refractivity contribution < 1.29 is 17.9 Å². The molecule has 202 valence electrons. The second-order valence-electron chi connectivity index (χ2n) is 10.0. The van der Waals surface area contributed by atoms with Crippen LogP contribution in [0.2, 0.25) is 0 Å². The van der Waals surface area contributed by atoms with Crippen molar-refractivity contribution in [1.82, 2.24) is 14.5 Å². The molecule has 0 saturated carbocycles. The number of ether oxygens (including phenoxy) is 1. The first-order valence-corrected chi connectivity index (χ1v) is 15.9. The summed E-state index contributed by atoms with van der Waals surface area (Å²) in [5.74, 6) is 0.360. The summed E-state index contributed by atoms with van der Waals surface area (Å²) in [5, 5.41) is 3.02. The van der Waals surface area contributed by atoms with Gasteiger partial charge in [-0.05, 0) is 73.7 Å². The molecule has 0 bridgehead atoms. The van der Waals surface area contributed by atoms with Gasteiger partial charge in [-0.3, -0.25) is 9.69 Å². The SMILES string of the molecule is CC1CC(C)CN(S(=O)(=O)c2ccc(Sc3ccc(Br)cc3)c(C(=O)NCCCN3CCOCC3)c2)C1. The fourth-order valence-electron chi connectivity index (χ4n) is 4.94. The first-order valence-electron chi connectivity index (χ1n) is 12.9. The lowest BCUT2D eigenvalue weighted by molar-refractivity contribution is 0.0374. The third kappa shape index (κ3) is 7.80. The lowest BCUT2D eigenvalue weighted by Crippen LogP contribution is -2.42. The molecule has 0 aromatic heterocycles. The predicted octanol–water partition coefficient (Wildman–Crippen LogP) is 4.72. The van der Waals surface area contributed by atoms with E-state index in [0.29, 0.717) is 37.0 Å². The Kier molecular flexibility index (Phi) is 10.1. The van der Waals surface area contributed by atoms with E-state index >= 15 is 0 Å². The van der Waals surface area contributed by atoms with E-state index in [2.05, 4.69) is 40.0 Å². The third-order valence-corrected chi connectivity index (χ3v) is 10.2. The standard InChI is InChI=1S/C27H36BrN3O4S2/c1-20-16-21(2)19-31(18-20)37(33,34)24-8-9-26(36-23-6-4-22(28)5-7-23)25(17-24)27(32)29-10-3-11-30-12-14-35-15-13-30/h4-9,17,20-21H,3,10-16,18-19H2,1-2H3,(H,29,32). The molecule has 2 fully saturated rings. The molecule has 7 nitrogen and oxygen atoms in total. The second-order valence-corrected chi connectivity index (χ2v) is 14.0. The molecule has 1 amide bonds. The number of halogens is 1. The monoisotopic (exact) mass is 609 g/mol. The van der Waals surface area contributed by atoms with Gasteiger partial charge in [0.25, 0.3) is 5.91 Å². The minimum Gasteiger partial charge on any atom is -0.379 e. The van der Waals surface area contributed by atoms with Gasteiger partial charge in [-0.2, -0.15) is 4.31 Å². The fourth-order valence-corrected chi connectivity index (χ4v) is 7.84. The zero-order chi connectivity index (χ0) is 26.4. The Morgan fingerprint density at radius 2 is 1.76 bits per heavy atom. The molecule has 2 heterocycles. The van der Waals surface area contributed by atoms with Gasteiger partial charge < -0.3 is 10.1 Å². The van der Waals surface area contributed by atoms with Crippen LogP contribution in [0.1, 0.15) is 37.0 Å². The summed E-state index contributed by atoms with van der Waals surface area (Å²) < 4.78 is 35.1. The molecule has 2 aromatic rings. The van der Waals surface area contributed by atoms with E-state index in [1.54, 1.807) is 22.5 Å². The molecule has 2 unspecified atom stereocenters. The highest BCUT2D eigenvalue weighted by atomic mass is 79.9. The maximum Gasteiger partial charge on any atom is 0.252 e. The molecule has 2 aliphatic heterocycles. The number of benzene rings is 2. The van der Waals surface area contributed by atoms with Gasteiger partial charge in [-0.1, -0.05) is 41.5 Å². The van der Waals surface area contributed by atoms with Crippen LogP contribution in [-0.2, 0) is 14.8 Å². The van der Waals surface area contributed by atoms with Crippen LogP contribution in [-0.4, -0.2) is 76.0 Å². The number of rotatable bonds is 9. The number of carbonyl (C=O) groups is 1. The number of hydrogen-bond donors (Lipinski definition) is 1. The van der Waals surface area contributed by atoms with E-state index in [-0.39, 0.29) is 10.8 Å². The molecular weight excluding hydrogens is 574 g/mol. The average molecular weight is 611 g/mol. The van der Waals surface area contributed by atoms with Gasteiger partial charge in [-0.15, -0.1) is 0 Å². The smallest absolute Gasteiger partial charge is 0.252 e. The first kappa shape index (κ1) is 28.6. The van der Waals surface area contributed by atoms with E-state index in [1.807, 2.05) is 24.3 Å². The maximum absolute atomic E-state index is 13.6. The molecule has 37 heavy (non-hydrogen) atoms. The number of hydrogen-bond acceptors (Lipinski definition) is 6. The zero-order valence-corrected chi connectivity index (χ0v) is 24.7. The number of amides is 1. The highest BCUT2D eigenvalue weighted by Gasteiger charge is 2.32. The van der Waals surface area contributed by atoms with Crippen molar-refractivity contribution in [2.75, 3.05) is 52.5 Å². The quantitative estimate of drug-likeness (QED) is 0.415. The summed E-state index contributed by atoms with van der Waals surface area (Å²) in [7, 11) is -3.70. The average Bonchev–Trinajstić information content (AvgIpc) is 2.88. The molecular formula is C27H36BrN3O4S2. The topological polar surface area (TPSA) is 79.0 Å². The van der Waals surface area contributed by atoms with Crippen molar-refractivity contribution in [2.24, 2.45) is 11.8 Å². The minimum atomic E-state index is -3.70. The Labute approximate surface area is 233 Å². The summed E-state index contributed by atoms with van der Waals surface area (Å²) in [5.41, 5.74) is 0.387. The van der Waals surface area contributed by atoms with Crippen molar-refractivity contribution in [3.8, 4) is 0 Å². The molecule has 2 atom stereocenters. The Balaban J connectivity index is 1.53. The van der Waals surface area contributed by atoms with Gasteiger partial charge in [0.1, 0.15) is 0 Å². The largest absolute Gasteiger partial charge is 0.379 e. The Morgan fingerprint density at radius 3 is 2.43 bits per heavy atom. The van der Waals surface area contributed by atoms with Crippen molar-refractivity contribution in [1.29, 1.82) is 0 Å². The van der Waals surface area contributed by atoms with Gasteiger partial charge in [0.05, 0.1) is 23.7 Å². The van der Waals surface area contributed by atoms with Crippen LogP contribution in [0.25, 0.3) is 0 Å². The van der Waals surface area contributed by atoms with E-state index in [1.165, 1.54) is 11.8 Å². The van der Waals surface area contributed by atoms with E-state index in [4.69, 9.17) is 4.74 Å². The summed E-state index contributed by atoms with van der Waals surface area (Å²) in [6, 6.07) is 12.8. The van der Waals surface area contributed by atoms with Crippen molar-refractivity contribution in [2.45, 2.75) is 41.4 Å². The van der Waals surface area contributed by atoms with Crippen LogP contribution < -0.4 is 5.32 Å². The van der Waals surface area contributed by atoms with Gasteiger partial charge in [0.2, 0.25) is 10.0 Å². The predicted molar refractivity (Wildman–Crippen MR) is 151 cm³/mol. The highest BCUT2D eigenvalue weighted by Crippen LogP contribution is 2.34. The number of morpholine rings is 1. The van der Waals surface area contributed by atoms with Gasteiger partial charge in [-0.25, -0.2) is 8.42 Å². The van der Waals surface area contributed by atoms with E-state index in [9.17, 15) is 13.2 Å². The fraction of sp³-hybridized carbons (Fsp3) is 0.519. The number of carbonyl (C=O) groups excluding carboxylic acids is 1. The summed E-state index contributed by atoms with van der Waals surface area (Å²) in [6.07, 6.45) is 1.84. The van der Waals surface area contributed by atoms with Crippen molar-refractivity contribution in [3.05, 3.63) is 52.5 Å². The molecule has 0 spiro atoms. The van der Waals surface area contributed by atoms with Gasteiger partial charge >= 0.3 is 0 Å². The Morgan fingerprint density at radius 1 is 1.08 bits per heavy atom. The zero-order valence-electron chi connectivity index (χ0n) is 21.5. The number of piperidine rings is 1. The van der Waals surface area contributed by atoms with Crippen LogP contribution in [0.3, 0.4) is 0 Å². The van der Waals surface area contributed by atoms with Crippen LogP contribution in [0.15, 0.2) is 61.6 Å². The Bertz CT molecular complexity index is 1160. The second kappa shape index (κ2) is 13.1. The molecule has 4 rings (SSSR count). The normalized spacial score (nSPS) is 21.6. The molecule has 2 aromatic carbocycles. The van der Waals surface area contributed by atoms with Gasteiger partial charge in [0, 0.05) is 47.0 Å². The van der Waals surface area contributed by atoms with Crippen LogP contribution in [0, 0.1) is 11.8 Å². The van der Waals surface area contributed by atoms with Crippen LogP contribution in [0.5, 0.6) is 0 Å².